The molecule has 1 heterocycles. The molecule has 1 aliphatic rings. The second-order valence-electron chi connectivity index (χ2n) is 8.99. The van der Waals surface area contributed by atoms with Gasteiger partial charge in [-0.25, -0.2) is 0 Å². The fourth-order valence-corrected chi connectivity index (χ4v) is 4.75. The molecule has 0 aliphatic carbocycles. The van der Waals surface area contributed by atoms with Crippen LogP contribution in [0.2, 0.25) is 0 Å². The van der Waals surface area contributed by atoms with E-state index in [9.17, 15) is 9.59 Å². The van der Waals surface area contributed by atoms with Crippen molar-refractivity contribution in [3.05, 3.63) is 29.3 Å². The molecule has 0 aromatic heterocycles. The molecule has 0 amide bonds. The highest BCUT2D eigenvalue weighted by molar-refractivity contribution is 7.99. The monoisotopic (exact) mass is 422 g/mol. The van der Waals surface area contributed by atoms with Crippen molar-refractivity contribution in [2.75, 3.05) is 6.61 Å². The first-order valence-electron chi connectivity index (χ1n) is 10.1. The molecule has 1 aromatic carbocycles. The molecule has 162 valence electrons. The number of carbonyl (C=O) groups excluding carboxylic acids is 2. The van der Waals surface area contributed by atoms with E-state index in [2.05, 4.69) is 52.8 Å². The molecule has 6 heteroatoms. The van der Waals surface area contributed by atoms with Gasteiger partial charge in [-0.1, -0.05) is 58.5 Å². The van der Waals surface area contributed by atoms with Crippen LogP contribution < -0.4 is 0 Å². The lowest BCUT2D eigenvalue weighted by molar-refractivity contribution is -0.184. The van der Waals surface area contributed by atoms with E-state index >= 15 is 0 Å². The third-order valence-electron chi connectivity index (χ3n) is 5.56. The number of aryl methyl sites for hydroxylation is 1. The van der Waals surface area contributed by atoms with Crippen LogP contribution >= 0.6 is 11.8 Å². The van der Waals surface area contributed by atoms with Crippen LogP contribution in [0.1, 0.15) is 59.6 Å². The van der Waals surface area contributed by atoms with Crippen LogP contribution in [-0.2, 0) is 29.2 Å². The largest absolute Gasteiger partial charge is 0.463 e. The number of hydrogen-bond donors (Lipinski definition) is 0. The van der Waals surface area contributed by atoms with E-state index in [1.165, 1.54) is 19.4 Å². The van der Waals surface area contributed by atoms with Gasteiger partial charge in [0, 0.05) is 24.7 Å². The molecule has 1 aliphatic heterocycles. The molecular formula is C23H34O5S. The molecule has 5 nitrogen and oxygen atoms in total. The third kappa shape index (κ3) is 6.22. The first-order chi connectivity index (χ1) is 13.4. The summed E-state index contributed by atoms with van der Waals surface area (Å²) >= 11 is 1.58. The Morgan fingerprint density at radius 3 is 2.31 bits per heavy atom. The molecule has 1 aromatic rings. The molecule has 2 rings (SSSR count). The number of esters is 2. The molecule has 0 saturated carbocycles. The minimum atomic E-state index is -0.376. The molecule has 1 fully saturated rings. The van der Waals surface area contributed by atoms with E-state index in [-0.39, 0.29) is 53.4 Å². The van der Waals surface area contributed by atoms with Gasteiger partial charge >= 0.3 is 11.9 Å². The zero-order valence-electron chi connectivity index (χ0n) is 18.8. The number of carbonyl (C=O) groups is 2. The summed E-state index contributed by atoms with van der Waals surface area (Å²) in [6, 6.07) is 6.46. The van der Waals surface area contributed by atoms with E-state index in [1.54, 1.807) is 11.8 Å². The predicted molar refractivity (Wildman–Crippen MR) is 115 cm³/mol. The Morgan fingerprint density at radius 1 is 1.10 bits per heavy atom. The van der Waals surface area contributed by atoms with Gasteiger partial charge in [-0.15, -0.1) is 0 Å². The van der Waals surface area contributed by atoms with Gasteiger partial charge in [0.2, 0.25) is 0 Å². The van der Waals surface area contributed by atoms with Crippen LogP contribution in [0.25, 0.3) is 0 Å². The minimum Gasteiger partial charge on any atom is -0.463 e. The van der Waals surface area contributed by atoms with Gasteiger partial charge in [-0.2, -0.15) is 0 Å². The average molecular weight is 423 g/mol. The van der Waals surface area contributed by atoms with Crippen LogP contribution in [0.15, 0.2) is 23.1 Å². The van der Waals surface area contributed by atoms with Crippen molar-refractivity contribution in [2.45, 2.75) is 83.3 Å². The molecule has 0 bridgehead atoms. The zero-order valence-corrected chi connectivity index (χ0v) is 19.6. The van der Waals surface area contributed by atoms with Crippen LogP contribution in [0.5, 0.6) is 0 Å². The summed E-state index contributed by atoms with van der Waals surface area (Å²) in [6.07, 6.45) is -0.622. The molecule has 0 spiro atoms. The van der Waals surface area contributed by atoms with Crippen LogP contribution in [0.4, 0.5) is 0 Å². The summed E-state index contributed by atoms with van der Waals surface area (Å²) in [7, 11) is 0. The normalized spacial score (nSPS) is 27.4. The van der Waals surface area contributed by atoms with E-state index in [0.29, 0.717) is 0 Å². The highest BCUT2D eigenvalue weighted by atomic mass is 32.2. The van der Waals surface area contributed by atoms with Crippen molar-refractivity contribution in [1.82, 2.24) is 0 Å². The second-order valence-corrected chi connectivity index (χ2v) is 10.1. The van der Waals surface area contributed by atoms with Crippen LogP contribution in [0, 0.1) is 18.8 Å². The summed E-state index contributed by atoms with van der Waals surface area (Å²) in [6.45, 7) is 15.8. The van der Waals surface area contributed by atoms with Crippen molar-refractivity contribution in [2.24, 2.45) is 11.8 Å². The van der Waals surface area contributed by atoms with Crippen molar-refractivity contribution in [3.63, 3.8) is 0 Å². The van der Waals surface area contributed by atoms with Gasteiger partial charge in [-0.05, 0) is 35.4 Å². The number of hydrogen-bond acceptors (Lipinski definition) is 6. The Labute approximate surface area is 178 Å². The number of benzene rings is 1. The maximum absolute atomic E-state index is 11.8. The minimum absolute atomic E-state index is 0.0331. The molecule has 5 atom stereocenters. The quantitative estimate of drug-likeness (QED) is 0.631. The second kappa shape index (κ2) is 9.52. The maximum atomic E-state index is 11.8. The Hall–Kier alpha value is -1.53. The zero-order chi connectivity index (χ0) is 21.9. The topological polar surface area (TPSA) is 61.8 Å². The Bertz CT molecular complexity index is 737. The Morgan fingerprint density at radius 2 is 1.76 bits per heavy atom. The molecule has 1 saturated heterocycles. The van der Waals surface area contributed by atoms with Crippen molar-refractivity contribution >= 4 is 23.7 Å². The van der Waals surface area contributed by atoms with E-state index < -0.39 is 0 Å². The van der Waals surface area contributed by atoms with Crippen LogP contribution in [-0.4, -0.2) is 36.2 Å². The molecule has 29 heavy (non-hydrogen) atoms. The van der Waals surface area contributed by atoms with Gasteiger partial charge in [0.25, 0.3) is 0 Å². The van der Waals surface area contributed by atoms with E-state index in [0.717, 1.165) is 10.5 Å². The number of rotatable bonds is 5. The summed E-state index contributed by atoms with van der Waals surface area (Å²) in [5.74, 6) is -0.496. The first-order valence-corrected chi connectivity index (χ1v) is 11.0. The number of ether oxygens (including phenoxy) is 3. The van der Waals surface area contributed by atoms with Gasteiger partial charge < -0.3 is 14.2 Å². The first kappa shape index (κ1) is 23.7. The summed E-state index contributed by atoms with van der Waals surface area (Å²) in [5, 5.41) is 0. The Balaban J connectivity index is 2.32. The standard InChI is InChI=1S/C23H34O5S/c1-13-9-10-18(23(6,7)8)11-20(13)29-22-21(27-17(5)25)15(3)14(2)19(28-22)12-26-16(4)24/h9-11,14-15,19,21-22H,12H2,1-8H3/t14-,15-,19?,21?,22-/m0/s1. The van der Waals surface area contributed by atoms with Gasteiger partial charge in [0.05, 0.1) is 6.10 Å². The van der Waals surface area contributed by atoms with Gasteiger partial charge in [-0.3, -0.25) is 9.59 Å². The predicted octanol–water partition coefficient (Wildman–Crippen LogP) is 4.88. The smallest absolute Gasteiger partial charge is 0.303 e. The summed E-state index contributed by atoms with van der Waals surface area (Å²) in [4.78, 5) is 24.1. The fourth-order valence-electron chi connectivity index (χ4n) is 3.42. The van der Waals surface area contributed by atoms with E-state index in [4.69, 9.17) is 14.2 Å². The lowest BCUT2D eigenvalue weighted by atomic mass is 9.84. The summed E-state index contributed by atoms with van der Waals surface area (Å²) in [5.41, 5.74) is 2.05. The Kier molecular flexibility index (Phi) is 7.80. The molecule has 0 N–H and O–H groups in total. The lowest BCUT2D eigenvalue weighted by Crippen LogP contribution is -2.51. The van der Waals surface area contributed by atoms with Crippen LogP contribution in [0.3, 0.4) is 0 Å². The highest BCUT2D eigenvalue weighted by Gasteiger charge is 2.44. The summed E-state index contributed by atoms with van der Waals surface area (Å²) < 4.78 is 17.2. The average Bonchev–Trinajstić information content (AvgIpc) is 2.60. The molecule has 0 radical (unpaired) electrons. The van der Waals surface area contributed by atoms with Crippen molar-refractivity contribution < 1.29 is 23.8 Å². The third-order valence-corrected chi connectivity index (χ3v) is 6.87. The SMILES string of the molecule is CC(=O)OCC1O[C@@H](Sc2cc(C(C)(C)C)ccc2C)C(OC(C)=O)[C@@H](C)[C@@H]1C. The van der Waals surface area contributed by atoms with Crippen molar-refractivity contribution in [1.29, 1.82) is 0 Å². The highest BCUT2D eigenvalue weighted by Crippen LogP contribution is 2.41. The van der Waals surface area contributed by atoms with Crippen molar-refractivity contribution in [3.8, 4) is 0 Å². The van der Waals surface area contributed by atoms with Gasteiger partial charge in [0.15, 0.2) is 0 Å². The number of thioether (sulfide) groups is 1. The van der Waals surface area contributed by atoms with Gasteiger partial charge in [0.1, 0.15) is 18.1 Å². The molecular weight excluding hydrogens is 388 g/mol. The molecule has 2 unspecified atom stereocenters. The van der Waals surface area contributed by atoms with E-state index in [1.807, 2.05) is 6.92 Å². The maximum Gasteiger partial charge on any atom is 0.303 e. The fraction of sp³-hybridized carbons (Fsp3) is 0.652. The lowest BCUT2D eigenvalue weighted by Gasteiger charge is -2.43.